The molecule has 0 fully saturated rings. The number of aromatic amines is 1. The molecule has 0 bridgehead atoms. The summed E-state index contributed by atoms with van der Waals surface area (Å²) in [5.74, 6) is 0.597. The summed E-state index contributed by atoms with van der Waals surface area (Å²) in [4.78, 5) is 3.74. The van der Waals surface area contributed by atoms with Crippen LogP contribution in [0.3, 0.4) is 0 Å². The molecule has 0 aromatic carbocycles. The van der Waals surface area contributed by atoms with Crippen molar-refractivity contribution in [2.45, 2.75) is 6.42 Å². The van der Waals surface area contributed by atoms with E-state index in [4.69, 9.17) is 0 Å². The van der Waals surface area contributed by atoms with Gasteiger partial charge in [-0.25, -0.2) is 10.1 Å². The van der Waals surface area contributed by atoms with E-state index in [2.05, 4.69) is 15.2 Å². The third-order valence-corrected chi connectivity index (χ3v) is 0.791. The van der Waals surface area contributed by atoms with Crippen LogP contribution in [0.25, 0.3) is 0 Å². The highest BCUT2D eigenvalue weighted by Gasteiger charge is 1.91. The lowest BCUT2D eigenvalue weighted by Gasteiger charge is -1.80. The molecular weight excluding hydrogens is 106 g/mol. The molecule has 0 spiro atoms. The summed E-state index contributed by atoms with van der Waals surface area (Å²) in [5.41, 5.74) is 0. The molecule has 0 aliphatic heterocycles. The van der Waals surface area contributed by atoms with Gasteiger partial charge in [-0.1, -0.05) is 0 Å². The monoisotopic (exact) mass is 112 g/mol. The summed E-state index contributed by atoms with van der Waals surface area (Å²) >= 11 is 0. The number of rotatable bonds is 2. The molecular formula is C4H6N3O. The van der Waals surface area contributed by atoms with E-state index >= 15 is 0 Å². The molecule has 43 valence electrons. The van der Waals surface area contributed by atoms with E-state index in [-0.39, 0.29) is 6.61 Å². The van der Waals surface area contributed by atoms with Crippen LogP contribution in [0.5, 0.6) is 0 Å². The summed E-state index contributed by atoms with van der Waals surface area (Å²) < 4.78 is 0. The van der Waals surface area contributed by atoms with E-state index in [1.54, 1.807) is 0 Å². The van der Waals surface area contributed by atoms with Crippen LogP contribution in [-0.4, -0.2) is 21.8 Å². The first kappa shape index (κ1) is 5.24. The first-order valence-corrected chi connectivity index (χ1v) is 2.36. The van der Waals surface area contributed by atoms with Gasteiger partial charge in [0.05, 0.1) is 6.61 Å². The van der Waals surface area contributed by atoms with Crippen LogP contribution in [0.4, 0.5) is 0 Å². The Labute approximate surface area is 46.6 Å². The van der Waals surface area contributed by atoms with Crippen LogP contribution in [0.15, 0.2) is 6.33 Å². The predicted molar refractivity (Wildman–Crippen MR) is 25.6 cm³/mol. The highest BCUT2D eigenvalue weighted by Crippen LogP contribution is 1.83. The molecule has 0 atom stereocenters. The van der Waals surface area contributed by atoms with Crippen molar-refractivity contribution in [1.29, 1.82) is 0 Å². The molecule has 0 saturated heterocycles. The zero-order valence-electron chi connectivity index (χ0n) is 4.29. The van der Waals surface area contributed by atoms with Crippen molar-refractivity contribution >= 4 is 0 Å². The van der Waals surface area contributed by atoms with Gasteiger partial charge in [0.2, 0.25) is 0 Å². The summed E-state index contributed by atoms with van der Waals surface area (Å²) in [6.45, 7) is -0.141. The molecule has 0 aliphatic carbocycles. The van der Waals surface area contributed by atoms with Gasteiger partial charge in [-0.2, -0.15) is 5.10 Å². The highest BCUT2D eigenvalue weighted by molar-refractivity contribution is 4.78. The minimum atomic E-state index is -0.141. The summed E-state index contributed by atoms with van der Waals surface area (Å²) in [7, 11) is 0. The van der Waals surface area contributed by atoms with Crippen LogP contribution in [0, 0.1) is 0 Å². The van der Waals surface area contributed by atoms with Gasteiger partial charge in [-0.05, 0) is 0 Å². The second kappa shape index (κ2) is 2.42. The van der Waals surface area contributed by atoms with Crippen molar-refractivity contribution in [3.63, 3.8) is 0 Å². The van der Waals surface area contributed by atoms with Crippen molar-refractivity contribution in [3.05, 3.63) is 12.2 Å². The van der Waals surface area contributed by atoms with Gasteiger partial charge in [0.25, 0.3) is 0 Å². The molecule has 1 radical (unpaired) electrons. The smallest absolute Gasteiger partial charge is 0.152 e. The predicted octanol–water partition coefficient (Wildman–Crippen LogP) is -0.222. The maximum Gasteiger partial charge on any atom is 0.152 e. The number of hydrogen-bond donors (Lipinski definition) is 1. The average Bonchev–Trinajstić information content (AvgIpc) is 2.19. The largest absolute Gasteiger partial charge is 0.266 e. The number of nitrogens with one attached hydrogen (secondary N) is 1. The standard InChI is InChI=1S/C4H6N3O/c8-2-1-4-5-3-6-7-4/h3H,1-2H2,(H,5,6,7). The molecule has 1 aromatic heterocycles. The minimum absolute atomic E-state index is 0.141. The molecule has 0 saturated carbocycles. The fourth-order valence-electron chi connectivity index (χ4n) is 0.447. The van der Waals surface area contributed by atoms with Crippen LogP contribution < -0.4 is 0 Å². The van der Waals surface area contributed by atoms with Crippen molar-refractivity contribution in [1.82, 2.24) is 15.2 Å². The van der Waals surface area contributed by atoms with Gasteiger partial charge in [0.15, 0.2) is 5.82 Å². The molecule has 1 heterocycles. The summed E-state index contributed by atoms with van der Waals surface area (Å²) in [6, 6.07) is 0. The second-order valence-electron chi connectivity index (χ2n) is 1.37. The Kier molecular flexibility index (Phi) is 1.58. The van der Waals surface area contributed by atoms with E-state index in [0.29, 0.717) is 12.2 Å². The first-order valence-electron chi connectivity index (χ1n) is 2.36. The van der Waals surface area contributed by atoms with E-state index in [1.165, 1.54) is 6.33 Å². The Balaban J connectivity index is 2.50. The minimum Gasteiger partial charge on any atom is -0.266 e. The Morgan fingerprint density at radius 3 is 3.12 bits per heavy atom. The van der Waals surface area contributed by atoms with Gasteiger partial charge in [-0.3, -0.25) is 5.10 Å². The fourth-order valence-corrected chi connectivity index (χ4v) is 0.447. The molecule has 1 N–H and O–H groups in total. The van der Waals surface area contributed by atoms with Crippen LogP contribution in [0.1, 0.15) is 5.82 Å². The van der Waals surface area contributed by atoms with Crippen LogP contribution >= 0.6 is 0 Å². The highest BCUT2D eigenvalue weighted by atomic mass is 16.3. The van der Waals surface area contributed by atoms with Crippen molar-refractivity contribution < 1.29 is 5.11 Å². The quantitative estimate of drug-likeness (QED) is 0.574. The Morgan fingerprint density at radius 1 is 1.75 bits per heavy atom. The third kappa shape index (κ3) is 1.04. The topological polar surface area (TPSA) is 61.5 Å². The Hall–Kier alpha value is -0.900. The van der Waals surface area contributed by atoms with Crippen LogP contribution in [-0.2, 0) is 11.5 Å². The lowest BCUT2D eigenvalue weighted by molar-refractivity contribution is 0.195. The van der Waals surface area contributed by atoms with Crippen molar-refractivity contribution in [2.24, 2.45) is 0 Å². The maximum absolute atomic E-state index is 9.90. The fraction of sp³-hybridized carbons (Fsp3) is 0.500. The average molecular weight is 112 g/mol. The molecule has 0 unspecified atom stereocenters. The van der Waals surface area contributed by atoms with Gasteiger partial charge in [0.1, 0.15) is 6.33 Å². The molecule has 4 nitrogen and oxygen atoms in total. The molecule has 8 heavy (non-hydrogen) atoms. The zero-order valence-corrected chi connectivity index (χ0v) is 4.29. The van der Waals surface area contributed by atoms with Gasteiger partial charge in [-0.15, -0.1) is 0 Å². The number of H-pyrrole nitrogens is 1. The summed E-state index contributed by atoms with van der Waals surface area (Å²) in [5, 5.41) is 16.1. The third-order valence-electron chi connectivity index (χ3n) is 0.791. The Bertz CT molecular complexity index is 137. The number of hydrogen-bond acceptors (Lipinski definition) is 2. The molecule has 1 rings (SSSR count). The number of aromatic nitrogens is 3. The maximum atomic E-state index is 9.90. The lowest BCUT2D eigenvalue weighted by atomic mass is 10.4. The molecule has 1 aromatic rings. The molecule has 0 amide bonds. The van der Waals surface area contributed by atoms with Gasteiger partial charge in [0, 0.05) is 6.42 Å². The summed E-state index contributed by atoms with van der Waals surface area (Å²) in [6.07, 6.45) is 1.88. The van der Waals surface area contributed by atoms with Crippen LogP contribution in [0.2, 0.25) is 0 Å². The molecule has 4 heteroatoms. The first-order chi connectivity index (χ1) is 3.93. The van der Waals surface area contributed by atoms with Gasteiger partial charge < -0.3 is 0 Å². The van der Waals surface area contributed by atoms with E-state index < -0.39 is 0 Å². The number of nitrogens with zero attached hydrogens (tertiary/aromatic N) is 2. The van der Waals surface area contributed by atoms with Crippen molar-refractivity contribution in [2.75, 3.05) is 6.61 Å². The lowest BCUT2D eigenvalue weighted by Crippen LogP contribution is -1.90. The van der Waals surface area contributed by atoms with E-state index in [9.17, 15) is 5.11 Å². The van der Waals surface area contributed by atoms with E-state index in [1.807, 2.05) is 0 Å². The molecule has 0 aliphatic rings. The zero-order chi connectivity index (χ0) is 5.82. The van der Waals surface area contributed by atoms with Gasteiger partial charge >= 0.3 is 0 Å². The van der Waals surface area contributed by atoms with Crippen molar-refractivity contribution in [3.8, 4) is 0 Å². The SMILES string of the molecule is [O]CCc1nc[nH]n1. The van der Waals surface area contributed by atoms with E-state index in [0.717, 1.165) is 0 Å². The second-order valence-corrected chi connectivity index (χ2v) is 1.37. The normalized spacial score (nSPS) is 9.62. The Morgan fingerprint density at radius 2 is 2.62 bits per heavy atom.